The highest BCUT2D eigenvalue weighted by Crippen LogP contribution is 2.32. The van der Waals surface area contributed by atoms with Gasteiger partial charge in [-0.25, -0.2) is 4.98 Å². The van der Waals surface area contributed by atoms with Crippen LogP contribution in [0.3, 0.4) is 0 Å². The molecule has 0 aliphatic rings. The summed E-state index contributed by atoms with van der Waals surface area (Å²) < 4.78 is 5.49. The van der Waals surface area contributed by atoms with Crippen LogP contribution in [-0.4, -0.2) is 28.7 Å². The van der Waals surface area contributed by atoms with Crippen molar-refractivity contribution in [3.63, 3.8) is 0 Å². The number of aromatic nitrogens is 1. The molecule has 0 aliphatic heterocycles. The zero-order chi connectivity index (χ0) is 26.2. The average molecular weight is 573 g/mol. The number of ether oxygens (including phenoxy) is 1. The molecule has 10 heteroatoms. The Bertz CT molecular complexity index is 1380. The van der Waals surface area contributed by atoms with E-state index < -0.39 is 0 Å². The van der Waals surface area contributed by atoms with E-state index in [2.05, 4.69) is 15.6 Å². The lowest BCUT2D eigenvalue weighted by atomic mass is 10.2. The van der Waals surface area contributed by atoms with Gasteiger partial charge in [0.2, 0.25) is 5.91 Å². The average Bonchev–Trinajstić information content (AvgIpc) is 3.37. The van der Waals surface area contributed by atoms with E-state index in [1.54, 1.807) is 30.3 Å². The Labute approximate surface area is 233 Å². The van der Waals surface area contributed by atoms with Crippen LogP contribution in [0.4, 0.5) is 10.8 Å². The minimum absolute atomic E-state index is 0.0978. The number of carbonyl (C=O) groups is 2. The van der Waals surface area contributed by atoms with Crippen LogP contribution in [-0.2, 0) is 9.59 Å². The number of para-hydroxylation sites is 1. The molecule has 190 valence electrons. The van der Waals surface area contributed by atoms with Gasteiger partial charge in [0, 0.05) is 21.5 Å². The van der Waals surface area contributed by atoms with Gasteiger partial charge in [-0.3, -0.25) is 9.59 Å². The molecule has 0 saturated carbocycles. The minimum Gasteiger partial charge on any atom is -0.484 e. The molecule has 4 aromatic rings. The second kappa shape index (κ2) is 13.0. The Morgan fingerprint density at radius 2 is 1.81 bits per heavy atom. The fourth-order valence-electron chi connectivity index (χ4n) is 3.30. The predicted octanol–water partition coefficient (Wildman–Crippen LogP) is 7.64. The maximum Gasteiger partial charge on any atom is 0.262 e. The van der Waals surface area contributed by atoms with Crippen LogP contribution in [0.1, 0.15) is 13.3 Å². The van der Waals surface area contributed by atoms with E-state index in [1.165, 1.54) is 23.1 Å². The fourth-order valence-corrected chi connectivity index (χ4v) is 5.34. The SMILES string of the molecule is CCC(Sc1cccc(NC(=O)COc2ccccc2)c1)C(=O)Nc1nc(-c2ccc(Cl)c(Cl)c2)cs1. The third-order valence-corrected chi connectivity index (χ3v) is 7.98. The first-order chi connectivity index (χ1) is 17.9. The Balaban J connectivity index is 1.34. The number of carbonyl (C=O) groups excluding carboxylic acids is 2. The normalized spacial score (nSPS) is 11.5. The largest absolute Gasteiger partial charge is 0.484 e. The summed E-state index contributed by atoms with van der Waals surface area (Å²) in [5.41, 5.74) is 2.16. The third kappa shape index (κ3) is 7.72. The molecule has 2 amide bonds. The van der Waals surface area contributed by atoms with E-state index in [1.807, 2.05) is 54.8 Å². The van der Waals surface area contributed by atoms with Crippen LogP contribution >= 0.6 is 46.3 Å². The summed E-state index contributed by atoms with van der Waals surface area (Å²) in [4.78, 5) is 30.7. The zero-order valence-electron chi connectivity index (χ0n) is 19.7. The molecule has 0 aliphatic carbocycles. The van der Waals surface area contributed by atoms with E-state index >= 15 is 0 Å². The lowest BCUT2D eigenvalue weighted by Crippen LogP contribution is -2.24. The topological polar surface area (TPSA) is 80.3 Å². The van der Waals surface area contributed by atoms with Gasteiger partial charge < -0.3 is 15.4 Å². The van der Waals surface area contributed by atoms with Crippen molar-refractivity contribution in [1.82, 2.24) is 4.98 Å². The number of hydrogen-bond donors (Lipinski definition) is 2. The van der Waals surface area contributed by atoms with Crippen molar-refractivity contribution in [2.75, 3.05) is 17.2 Å². The highest BCUT2D eigenvalue weighted by Gasteiger charge is 2.20. The quantitative estimate of drug-likeness (QED) is 0.191. The lowest BCUT2D eigenvalue weighted by Gasteiger charge is -2.14. The minimum atomic E-state index is -0.343. The molecule has 3 aromatic carbocycles. The van der Waals surface area contributed by atoms with Gasteiger partial charge in [-0.05, 0) is 48.9 Å². The molecule has 1 heterocycles. The number of thiazole rings is 1. The van der Waals surface area contributed by atoms with Crippen LogP contribution in [0.15, 0.2) is 83.1 Å². The Morgan fingerprint density at radius 3 is 2.57 bits per heavy atom. The van der Waals surface area contributed by atoms with Crippen LogP contribution in [0, 0.1) is 0 Å². The molecule has 0 fully saturated rings. The highest BCUT2D eigenvalue weighted by atomic mass is 35.5. The predicted molar refractivity (Wildman–Crippen MR) is 153 cm³/mol. The number of amides is 2. The number of thioether (sulfide) groups is 1. The molecule has 1 unspecified atom stereocenters. The van der Waals surface area contributed by atoms with E-state index in [4.69, 9.17) is 27.9 Å². The monoisotopic (exact) mass is 571 g/mol. The second-order valence-corrected chi connectivity index (χ2v) is 10.8. The third-order valence-electron chi connectivity index (χ3n) is 5.12. The maximum atomic E-state index is 13.0. The maximum absolute atomic E-state index is 13.0. The summed E-state index contributed by atoms with van der Waals surface area (Å²) in [5, 5.41) is 8.68. The van der Waals surface area contributed by atoms with Crippen LogP contribution < -0.4 is 15.4 Å². The first kappa shape index (κ1) is 27.0. The number of anilines is 2. The van der Waals surface area contributed by atoms with E-state index in [-0.39, 0.29) is 23.7 Å². The number of benzene rings is 3. The van der Waals surface area contributed by atoms with Crippen molar-refractivity contribution in [2.24, 2.45) is 0 Å². The molecule has 0 spiro atoms. The number of rotatable bonds is 10. The van der Waals surface area contributed by atoms with Crippen LogP contribution in [0.25, 0.3) is 11.3 Å². The molecule has 0 saturated heterocycles. The molecule has 4 rings (SSSR count). The van der Waals surface area contributed by atoms with Crippen molar-refractivity contribution < 1.29 is 14.3 Å². The van der Waals surface area contributed by atoms with Gasteiger partial charge in [-0.2, -0.15) is 0 Å². The summed E-state index contributed by atoms with van der Waals surface area (Å²) in [5.74, 6) is 0.216. The van der Waals surface area contributed by atoms with Crippen molar-refractivity contribution >= 4 is 68.9 Å². The van der Waals surface area contributed by atoms with Gasteiger partial charge in [0.15, 0.2) is 11.7 Å². The van der Waals surface area contributed by atoms with Gasteiger partial charge in [-0.1, -0.05) is 60.5 Å². The number of hydrogen-bond acceptors (Lipinski definition) is 6. The van der Waals surface area contributed by atoms with E-state index in [9.17, 15) is 9.59 Å². The van der Waals surface area contributed by atoms with E-state index in [0.717, 1.165) is 10.5 Å². The molecule has 0 radical (unpaired) electrons. The fraction of sp³-hybridized carbons (Fsp3) is 0.148. The van der Waals surface area contributed by atoms with E-state index in [0.29, 0.717) is 38.7 Å². The first-order valence-corrected chi connectivity index (χ1v) is 13.9. The van der Waals surface area contributed by atoms with Crippen LogP contribution in [0.5, 0.6) is 5.75 Å². The molecule has 1 aromatic heterocycles. The van der Waals surface area contributed by atoms with Crippen molar-refractivity contribution in [1.29, 1.82) is 0 Å². The number of nitrogens with zero attached hydrogens (tertiary/aromatic N) is 1. The standard InChI is InChI=1S/C27H23Cl2N3O3S2/c1-2-24(26(34)32-27-31-23(16-36-27)17-11-12-21(28)22(29)13-17)37-20-10-6-7-18(14-20)30-25(33)15-35-19-8-4-3-5-9-19/h3-14,16,24H,2,15H2,1H3,(H,30,33)(H,31,32,34). The molecular formula is C27H23Cl2N3O3S2. The highest BCUT2D eigenvalue weighted by molar-refractivity contribution is 8.00. The van der Waals surface area contributed by atoms with Crippen molar-refractivity contribution in [3.8, 4) is 17.0 Å². The van der Waals surface area contributed by atoms with Crippen molar-refractivity contribution in [2.45, 2.75) is 23.5 Å². The Morgan fingerprint density at radius 1 is 1.00 bits per heavy atom. The zero-order valence-corrected chi connectivity index (χ0v) is 22.9. The van der Waals surface area contributed by atoms with Gasteiger partial charge in [0.25, 0.3) is 5.91 Å². The van der Waals surface area contributed by atoms with Gasteiger partial charge in [0.1, 0.15) is 5.75 Å². The Hall–Kier alpha value is -3.04. The Kier molecular flexibility index (Phi) is 9.46. The van der Waals surface area contributed by atoms with Gasteiger partial charge in [0.05, 0.1) is 21.0 Å². The molecule has 2 N–H and O–H groups in total. The van der Waals surface area contributed by atoms with Gasteiger partial charge in [-0.15, -0.1) is 23.1 Å². The summed E-state index contributed by atoms with van der Waals surface area (Å²) in [6, 6.07) is 21.8. The lowest BCUT2D eigenvalue weighted by molar-refractivity contribution is -0.118. The van der Waals surface area contributed by atoms with Gasteiger partial charge >= 0.3 is 0 Å². The molecule has 1 atom stereocenters. The summed E-state index contributed by atoms with van der Waals surface area (Å²) in [6.07, 6.45) is 0.614. The second-order valence-electron chi connectivity index (χ2n) is 7.85. The number of halogens is 2. The molecule has 37 heavy (non-hydrogen) atoms. The smallest absolute Gasteiger partial charge is 0.262 e. The van der Waals surface area contributed by atoms with Crippen molar-refractivity contribution in [3.05, 3.63) is 88.2 Å². The summed E-state index contributed by atoms with van der Waals surface area (Å²) in [7, 11) is 0. The molecule has 6 nitrogen and oxygen atoms in total. The molecule has 0 bridgehead atoms. The summed E-state index contributed by atoms with van der Waals surface area (Å²) >= 11 is 14.9. The summed E-state index contributed by atoms with van der Waals surface area (Å²) in [6.45, 7) is 1.85. The first-order valence-electron chi connectivity index (χ1n) is 11.4. The number of nitrogens with one attached hydrogen (secondary N) is 2. The molecular weight excluding hydrogens is 549 g/mol. The van der Waals surface area contributed by atoms with Crippen LogP contribution in [0.2, 0.25) is 10.0 Å².